The molecule has 0 atom stereocenters. The van der Waals surface area contributed by atoms with Gasteiger partial charge in [0.15, 0.2) is 0 Å². The van der Waals surface area contributed by atoms with Gasteiger partial charge in [0.1, 0.15) is 0 Å². The minimum absolute atomic E-state index is 0.107. The molecule has 0 bridgehead atoms. The van der Waals surface area contributed by atoms with E-state index < -0.39 is 5.60 Å². The second-order valence-corrected chi connectivity index (χ2v) is 6.00. The van der Waals surface area contributed by atoms with Gasteiger partial charge in [-0.2, -0.15) is 0 Å². The molecule has 19 heavy (non-hydrogen) atoms. The van der Waals surface area contributed by atoms with E-state index in [4.69, 9.17) is 4.74 Å². The molecule has 2 aliphatic rings. The average Bonchev–Trinajstić information content (AvgIpc) is 2.43. The SMILES string of the molecule is CC1CCC(O)(CNCC(=O)N2CCOCC2)CC1. The van der Waals surface area contributed by atoms with Crippen LogP contribution in [-0.2, 0) is 9.53 Å². The van der Waals surface area contributed by atoms with Crippen LogP contribution in [0.3, 0.4) is 0 Å². The molecule has 2 N–H and O–H groups in total. The summed E-state index contributed by atoms with van der Waals surface area (Å²) in [5, 5.41) is 13.5. The van der Waals surface area contributed by atoms with Gasteiger partial charge in [-0.25, -0.2) is 0 Å². The molecule has 5 heteroatoms. The van der Waals surface area contributed by atoms with Crippen molar-refractivity contribution in [2.45, 2.75) is 38.2 Å². The normalized spacial score (nSPS) is 32.3. The molecule has 0 radical (unpaired) electrons. The molecule has 2 fully saturated rings. The van der Waals surface area contributed by atoms with Crippen molar-refractivity contribution < 1.29 is 14.6 Å². The van der Waals surface area contributed by atoms with E-state index in [2.05, 4.69) is 12.2 Å². The molecule has 0 spiro atoms. The van der Waals surface area contributed by atoms with Crippen LogP contribution in [-0.4, -0.2) is 60.9 Å². The van der Waals surface area contributed by atoms with Crippen LogP contribution in [0.15, 0.2) is 0 Å². The van der Waals surface area contributed by atoms with Crippen molar-refractivity contribution in [3.63, 3.8) is 0 Å². The topological polar surface area (TPSA) is 61.8 Å². The number of nitrogens with zero attached hydrogens (tertiary/aromatic N) is 1. The van der Waals surface area contributed by atoms with Crippen molar-refractivity contribution in [2.24, 2.45) is 5.92 Å². The number of hydrogen-bond acceptors (Lipinski definition) is 4. The molecular formula is C14H26N2O3. The first-order valence-electron chi connectivity index (χ1n) is 7.38. The van der Waals surface area contributed by atoms with Gasteiger partial charge in [-0.1, -0.05) is 6.92 Å². The Morgan fingerprint density at radius 3 is 2.63 bits per heavy atom. The van der Waals surface area contributed by atoms with Crippen LogP contribution in [0.2, 0.25) is 0 Å². The highest BCUT2D eigenvalue weighted by Gasteiger charge is 2.31. The molecule has 2 rings (SSSR count). The lowest BCUT2D eigenvalue weighted by Crippen LogP contribution is -2.48. The summed E-state index contributed by atoms with van der Waals surface area (Å²) in [5.74, 6) is 0.825. The van der Waals surface area contributed by atoms with E-state index in [0.717, 1.165) is 31.6 Å². The Bertz CT molecular complexity index is 295. The molecule has 1 heterocycles. The minimum Gasteiger partial charge on any atom is -0.389 e. The fourth-order valence-corrected chi connectivity index (χ4v) is 2.80. The molecule has 0 aromatic carbocycles. The summed E-state index contributed by atoms with van der Waals surface area (Å²) in [7, 11) is 0. The molecule has 1 amide bonds. The Kier molecular flexibility index (Phi) is 5.19. The van der Waals surface area contributed by atoms with E-state index in [1.54, 1.807) is 0 Å². The number of morpholine rings is 1. The van der Waals surface area contributed by atoms with Crippen molar-refractivity contribution in [1.82, 2.24) is 10.2 Å². The monoisotopic (exact) mass is 270 g/mol. The fraction of sp³-hybridized carbons (Fsp3) is 0.929. The number of aliphatic hydroxyl groups is 1. The van der Waals surface area contributed by atoms with E-state index in [1.807, 2.05) is 4.90 Å². The zero-order valence-corrected chi connectivity index (χ0v) is 11.9. The first-order valence-corrected chi connectivity index (χ1v) is 7.38. The third-order valence-electron chi connectivity index (χ3n) is 4.30. The predicted octanol–water partition coefficient (Wildman–Crippen LogP) is 0.376. The van der Waals surface area contributed by atoms with E-state index in [0.29, 0.717) is 39.4 Å². The zero-order chi connectivity index (χ0) is 13.7. The number of carbonyl (C=O) groups excluding carboxylic acids is 1. The molecule has 1 saturated heterocycles. The Morgan fingerprint density at radius 2 is 2.00 bits per heavy atom. The maximum absolute atomic E-state index is 11.9. The van der Waals surface area contributed by atoms with Gasteiger partial charge in [0, 0.05) is 19.6 Å². The number of nitrogens with one attached hydrogen (secondary N) is 1. The van der Waals surface area contributed by atoms with Gasteiger partial charge in [0.25, 0.3) is 0 Å². The highest BCUT2D eigenvalue weighted by atomic mass is 16.5. The maximum Gasteiger partial charge on any atom is 0.236 e. The first-order chi connectivity index (χ1) is 9.09. The van der Waals surface area contributed by atoms with E-state index in [9.17, 15) is 9.90 Å². The third-order valence-corrected chi connectivity index (χ3v) is 4.30. The number of amides is 1. The van der Waals surface area contributed by atoms with E-state index in [-0.39, 0.29) is 5.91 Å². The fourth-order valence-electron chi connectivity index (χ4n) is 2.80. The molecular weight excluding hydrogens is 244 g/mol. The first kappa shape index (κ1) is 14.8. The summed E-state index contributed by atoms with van der Waals surface area (Å²) in [6.45, 7) is 5.70. The summed E-state index contributed by atoms with van der Waals surface area (Å²) in [6.07, 6.45) is 3.84. The van der Waals surface area contributed by atoms with Gasteiger partial charge >= 0.3 is 0 Å². The summed E-state index contributed by atoms with van der Waals surface area (Å²) in [6, 6.07) is 0. The number of ether oxygens (including phenoxy) is 1. The molecule has 1 saturated carbocycles. The van der Waals surface area contributed by atoms with Gasteiger partial charge in [-0.15, -0.1) is 0 Å². The Labute approximate surface area is 115 Å². The quantitative estimate of drug-likeness (QED) is 0.775. The van der Waals surface area contributed by atoms with Crippen LogP contribution in [0.1, 0.15) is 32.6 Å². The van der Waals surface area contributed by atoms with E-state index >= 15 is 0 Å². The lowest BCUT2D eigenvalue weighted by molar-refractivity contribution is -0.134. The second kappa shape index (κ2) is 6.68. The predicted molar refractivity (Wildman–Crippen MR) is 72.9 cm³/mol. The van der Waals surface area contributed by atoms with Crippen LogP contribution in [0, 0.1) is 5.92 Å². The standard InChI is InChI=1S/C14H26N2O3/c1-12-2-4-14(18,5-3-12)11-15-10-13(17)16-6-8-19-9-7-16/h12,15,18H,2-11H2,1H3. The van der Waals surface area contributed by atoms with Gasteiger partial charge in [0.05, 0.1) is 25.4 Å². The van der Waals surface area contributed by atoms with Crippen LogP contribution in [0.25, 0.3) is 0 Å². The lowest BCUT2D eigenvalue weighted by atomic mass is 9.79. The summed E-state index contributed by atoms with van der Waals surface area (Å²) in [5.41, 5.74) is -0.613. The van der Waals surface area contributed by atoms with E-state index in [1.165, 1.54) is 0 Å². The number of carbonyl (C=O) groups is 1. The molecule has 1 aliphatic carbocycles. The van der Waals surface area contributed by atoms with Crippen LogP contribution in [0.5, 0.6) is 0 Å². The van der Waals surface area contributed by atoms with Crippen molar-refractivity contribution in [2.75, 3.05) is 39.4 Å². The molecule has 0 unspecified atom stereocenters. The zero-order valence-electron chi connectivity index (χ0n) is 11.9. The second-order valence-electron chi connectivity index (χ2n) is 6.00. The van der Waals surface area contributed by atoms with Crippen molar-refractivity contribution in [1.29, 1.82) is 0 Å². The van der Waals surface area contributed by atoms with Gasteiger partial charge in [-0.05, 0) is 31.6 Å². The molecule has 5 nitrogen and oxygen atoms in total. The van der Waals surface area contributed by atoms with Gasteiger partial charge < -0.3 is 20.1 Å². The van der Waals surface area contributed by atoms with Crippen molar-refractivity contribution >= 4 is 5.91 Å². The summed E-state index contributed by atoms with van der Waals surface area (Å²) in [4.78, 5) is 13.7. The molecule has 0 aromatic heterocycles. The van der Waals surface area contributed by atoms with Crippen LogP contribution >= 0.6 is 0 Å². The highest BCUT2D eigenvalue weighted by molar-refractivity contribution is 5.78. The smallest absolute Gasteiger partial charge is 0.236 e. The third kappa shape index (κ3) is 4.44. The molecule has 1 aliphatic heterocycles. The average molecular weight is 270 g/mol. The highest BCUT2D eigenvalue weighted by Crippen LogP contribution is 2.31. The Morgan fingerprint density at radius 1 is 1.37 bits per heavy atom. The summed E-state index contributed by atoms with van der Waals surface area (Å²) < 4.78 is 5.22. The largest absolute Gasteiger partial charge is 0.389 e. The minimum atomic E-state index is -0.613. The molecule has 110 valence electrons. The van der Waals surface area contributed by atoms with Crippen LogP contribution in [0.4, 0.5) is 0 Å². The number of rotatable bonds is 4. The Balaban J connectivity index is 1.66. The van der Waals surface area contributed by atoms with Crippen LogP contribution < -0.4 is 5.32 Å². The summed E-state index contributed by atoms with van der Waals surface area (Å²) >= 11 is 0. The van der Waals surface area contributed by atoms with Gasteiger partial charge in [-0.3, -0.25) is 4.79 Å². The number of hydrogen-bond donors (Lipinski definition) is 2. The van der Waals surface area contributed by atoms with Crippen molar-refractivity contribution in [3.05, 3.63) is 0 Å². The van der Waals surface area contributed by atoms with Crippen molar-refractivity contribution in [3.8, 4) is 0 Å². The van der Waals surface area contributed by atoms with Gasteiger partial charge in [0.2, 0.25) is 5.91 Å². The Hall–Kier alpha value is -0.650. The maximum atomic E-state index is 11.9. The molecule has 0 aromatic rings. The lowest BCUT2D eigenvalue weighted by Gasteiger charge is -2.35.